The number of pyridine rings is 2. The number of aromatic nitrogens is 5. The smallest absolute Gasteiger partial charge is 0.179 e. The van der Waals surface area contributed by atoms with E-state index < -0.39 is 0 Å². The van der Waals surface area contributed by atoms with Crippen molar-refractivity contribution in [1.29, 1.82) is 0 Å². The van der Waals surface area contributed by atoms with Crippen LogP contribution in [-0.4, -0.2) is 36.2 Å². The zero-order valence-electron chi connectivity index (χ0n) is 15.0. The van der Waals surface area contributed by atoms with Crippen molar-refractivity contribution in [3.8, 4) is 0 Å². The standard InChI is InChI=1S/C21H21N5O/c27-20-5-1-3-16(20)12-17-7-9-19-21(23-17)26(25-24-19)13-14-6-8-18-15(11-14)4-2-10-22-18/h2,4,6-11,16,20,27H,1,3,5,12-13H2/t16-,20+/m0/s1. The molecule has 4 aromatic rings. The van der Waals surface area contributed by atoms with E-state index in [4.69, 9.17) is 4.98 Å². The maximum Gasteiger partial charge on any atom is 0.179 e. The van der Waals surface area contributed by atoms with Crippen molar-refractivity contribution in [2.75, 3.05) is 0 Å². The number of aliphatic hydroxyl groups excluding tert-OH is 1. The zero-order chi connectivity index (χ0) is 18.2. The van der Waals surface area contributed by atoms with E-state index in [1.54, 1.807) is 6.20 Å². The number of hydrogen-bond acceptors (Lipinski definition) is 5. The van der Waals surface area contributed by atoms with Crippen LogP contribution in [0.15, 0.2) is 48.7 Å². The number of nitrogens with zero attached hydrogens (tertiary/aromatic N) is 5. The van der Waals surface area contributed by atoms with Crippen LogP contribution in [0.2, 0.25) is 0 Å². The third-order valence-corrected chi connectivity index (χ3v) is 5.51. The molecule has 3 heterocycles. The summed E-state index contributed by atoms with van der Waals surface area (Å²) >= 11 is 0. The number of fused-ring (bicyclic) bond motifs is 2. The molecule has 1 saturated carbocycles. The largest absolute Gasteiger partial charge is 0.393 e. The van der Waals surface area contributed by atoms with Crippen molar-refractivity contribution in [1.82, 2.24) is 25.0 Å². The van der Waals surface area contributed by atoms with E-state index in [-0.39, 0.29) is 6.10 Å². The van der Waals surface area contributed by atoms with Gasteiger partial charge in [0.05, 0.1) is 18.2 Å². The summed E-state index contributed by atoms with van der Waals surface area (Å²) in [4.78, 5) is 9.17. The summed E-state index contributed by atoms with van der Waals surface area (Å²) in [6, 6.07) is 14.2. The summed E-state index contributed by atoms with van der Waals surface area (Å²) in [6.07, 6.45) is 5.50. The van der Waals surface area contributed by atoms with Gasteiger partial charge in [0.1, 0.15) is 5.52 Å². The van der Waals surface area contributed by atoms with Crippen LogP contribution in [0.1, 0.15) is 30.5 Å². The molecule has 1 aromatic carbocycles. The summed E-state index contributed by atoms with van der Waals surface area (Å²) < 4.78 is 1.85. The molecular formula is C21H21N5O. The highest BCUT2D eigenvalue weighted by Gasteiger charge is 2.25. The van der Waals surface area contributed by atoms with Crippen molar-refractivity contribution in [2.24, 2.45) is 5.92 Å². The Morgan fingerprint density at radius 3 is 2.89 bits per heavy atom. The maximum absolute atomic E-state index is 10.1. The van der Waals surface area contributed by atoms with Gasteiger partial charge in [0, 0.05) is 17.3 Å². The van der Waals surface area contributed by atoms with Crippen LogP contribution in [0.3, 0.4) is 0 Å². The van der Waals surface area contributed by atoms with E-state index >= 15 is 0 Å². The third kappa shape index (κ3) is 3.17. The van der Waals surface area contributed by atoms with Gasteiger partial charge in [0.25, 0.3) is 0 Å². The molecule has 2 atom stereocenters. The molecule has 0 amide bonds. The molecular weight excluding hydrogens is 338 g/mol. The Kier molecular flexibility index (Phi) is 4.05. The van der Waals surface area contributed by atoms with Crippen LogP contribution >= 0.6 is 0 Å². The lowest BCUT2D eigenvalue weighted by Gasteiger charge is -2.13. The van der Waals surface area contributed by atoms with E-state index in [9.17, 15) is 5.11 Å². The van der Waals surface area contributed by atoms with E-state index in [0.29, 0.717) is 12.5 Å². The molecule has 27 heavy (non-hydrogen) atoms. The lowest BCUT2D eigenvalue weighted by Crippen LogP contribution is -2.16. The molecule has 0 bridgehead atoms. The zero-order valence-corrected chi connectivity index (χ0v) is 15.0. The van der Waals surface area contributed by atoms with E-state index in [1.165, 1.54) is 0 Å². The normalized spacial score (nSPS) is 19.9. The summed E-state index contributed by atoms with van der Waals surface area (Å²) in [6.45, 7) is 0.615. The van der Waals surface area contributed by atoms with Crippen molar-refractivity contribution in [2.45, 2.75) is 38.3 Å². The van der Waals surface area contributed by atoms with E-state index in [2.05, 4.69) is 33.5 Å². The number of benzene rings is 1. The first-order chi connectivity index (χ1) is 13.3. The average Bonchev–Trinajstić information content (AvgIpc) is 3.28. The molecule has 6 heteroatoms. The van der Waals surface area contributed by atoms with E-state index in [1.807, 2.05) is 28.9 Å². The fourth-order valence-corrected chi connectivity index (χ4v) is 4.03. The van der Waals surface area contributed by atoms with Crippen LogP contribution in [0, 0.1) is 5.92 Å². The summed E-state index contributed by atoms with van der Waals surface area (Å²) in [5, 5.41) is 19.8. The van der Waals surface area contributed by atoms with Gasteiger partial charge in [-0.3, -0.25) is 4.98 Å². The van der Waals surface area contributed by atoms with Crippen LogP contribution in [-0.2, 0) is 13.0 Å². The fraction of sp³-hybridized carbons (Fsp3) is 0.333. The van der Waals surface area contributed by atoms with Gasteiger partial charge in [-0.2, -0.15) is 0 Å². The van der Waals surface area contributed by atoms with Gasteiger partial charge < -0.3 is 5.11 Å². The molecule has 0 spiro atoms. The monoisotopic (exact) mass is 359 g/mol. The van der Waals surface area contributed by atoms with Crippen molar-refractivity contribution in [3.63, 3.8) is 0 Å². The minimum Gasteiger partial charge on any atom is -0.393 e. The third-order valence-electron chi connectivity index (χ3n) is 5.51. The predicted molar refractivity (Wildman–Crippen MR) is 103 cm³/mol. The Balaban J connectivity index is 1.44. The molecule has 0 saturated heterocycles. The van der Waals surface area contributed by atoms with Gasteiger partial charge in [-0.15, -0.1) is 5.10 Å². The first-order valence-electron chi connectivity index (χ1n) is 9.47. The molecule has 136 valence electrons. The van der Waals surface area contributed by atoms with Gasteiger partial charge in [-0.1, -0.05) is 23.8 Å². The molecule has 1 N–H and O–H groups in total. The van der Waals surface area contributed by atoms with Crippen molar-refractivity contribution < 1.29 is 5.11 Å². The van der Waals surface area contributed by atoms with Crippen LogP contribution in [0.25, 0.3) is 22.1 Å². The highest BCUT2D eigenvalue weighted by Crippen LogP contribution is 2.28. The first-order valence-corrected chi connectivity index (χ1v) is 9.47. The molecule has 3 aromatic heterocycles. The number of rotatable bonds is 4. The number of aliphatic hydroxyl groups is 1. The lowest BCUT2D eigenvalue weighted by atomic mass is 9.99. The Bertz CT molecular complexity index is 1110. The number of hydrogen-bond donors (Lipinski definition) is 1. The quantitative estimate of drug-likeness (QED) is 0.606. The van der Waals surface area contributed by atoms with Crippen molar-refractivity contribution in [3.05, 3.63) is 59.9 Å². The predicted octanol–water partition coefficient (Wildman–Crippen LogP) is 3.13. The fourth-order valence-electron chi connectivity index (χ4n) is 4.03. The minimum atomic E-state index is -0.197. The summed E-state index contributed by atoms with van der Waals surface area (Å²) in [5.74, 6) is 0.312. The molecule has 6 nitrogen and oxygen atoms in total. The second-order valence-electron chi connectivity index (χ2n) is 7.39. The van der Waals surface area contributed by atoms with Gasteiger partial charge in [0.2, 0.25) is 0 Å². The second-order valence-corrected chi connectivity index (χ2v) is 7.39. The average molecular weight is 359 g/mol. The Morgan fingerprint density at radius 2 is 2.00 bits per heavy atom. The maximum atomic E-state index is 10.1. The highest BCUT2D eigenvalue weighted by molar-refractivity contribution is 5.79. The van der Waals surface area contributed by atoms with E-state index in [0.717, 1.165) is 59.0 Å². The van der Waals surface area contributed by atoms with Crippen LogP contribution in [0.5, 0.6) is 0 Å². The molecule has 1 aliphatic rings. The highest BCUT2D eigenvalue weighted by atomic mass is 16.3. The molecule has 1 fully saturated rings. The van der Waals surface area contributed by atoms with Gasteiger partial charge >= 0.3 is 0 Å². The Hall–Kier alpha value is -2.86. The van der Waals surface area contributed by atoms with Gasteiger partial charge in [0.15, 0.2) is 5.65 Å². The van der Waals surface area contributed by atoms with Gasteiger partial charge in [-0.05, 0) is 61.1 Å². The molecule has 5 rings (SSSR count). The topological polar surface area (TPSA) is 76.7 Å². The second kappa shape index (κ2) is 6.70. The summed E-state index contributed by atoms with van der Waals surface area (Å²) in [5.41, 5.74) is 4.72. The SMILES string of the molecule is O[C@@H]1CCC[C@H]1Cc1ccc2nnn(Cc3ccc4ncccc4c3)c2n1. The van der Waals surface area contributed by atoms with Crippen molar-refractivity contribution >= 4 is 22.1 Å². The molecule has 0 aliphatic heterocycles. The van der Waals surface area contributed by atoms with Gasteiger partial charge in [-0.25, -0.2) is 9.67 Å². The molecule has 0 radical (unpaired) electrons. The lowest BCUT2D eigenvalue weighted by molar-refractivity contribution is 0.132. The van der Waals surface area contributed by atoms with Crippen LogP contribution < -0.4 is 0 Å². The Labute approximate surface area is 156 Å². The van der Waals surface area contributed by atoms with Crippen LogP contribution in [0.4, 0.5) is 0 Å². The first kappa shape index (κ1) is 16.3. The molecule has 1 aliphatic carbocycles. The Morgan fingerprint density at radius 1 is 1.07 bits per heavy atom. The molecule has 0 unspecified atom stereocenters. The minimum absolute atomic E-state index is 0.197. The summed E-state index contributed by atoms with van der Waals surface area (Å²) in [7, 11) is 0.